The van der Waals surface area contributed by atoms with Gasteiger partial charge in [0.2, 0.25) is 12.2 Å². The molecule has 5 rings (SSSR count). The second-order valence-corrected chi connectivity index (χ2v) is 12.4. The Morgan fingerprint density at radius 3 is 1.81 bits per heavy atom. The molecule has 4 aromatic carbocycles. The predicted molar refractivity (Wildman–Crippen MR) is 202 cm³/mol. The van der Waals surface area contributed by atoms with Crippen LogP contribution in [0.25, 0.3) is 0 Å². The molecule has 1 fully saturated rings. The minimum Gasteiger partial charge on any atom is -0.446 e. The fraction of sp³-hybridized carbons (Fsp3) is 0.238. The number of allylic oxidation sites excluding steroid dienone is 2. The van der Waals surface area contributed by atoms with Crippen molar-refractivity contribution in [3.05, 3.63) is 144 Å². The molecule has 4 aromatic rings. The standard InChI is InChI=1S/C42H40N4O7/c1-2-30(9-3-4-20-51-41(49)45-37-16-7-12-33(25-37)21-31-10-5-14-35(23-31)43-28-47)18-19-39-40(53-39)27-52-42(50)46-38-17-8-13-34(26-38)22-32-11-6-15-36(24-32)44-29-48/h2-8,10-17,23-26,30,39-40H,1,9,18-22,27H2,(H,45,49)(H,46,50)/b4-3+. The third kappa shape index (κ3) is 13.0. The highest BCUT2D eigenvalue weighted by molar-refractivity contribution is 5.85. The number of amides is 2. The molecule has 11 heteroatoms. The van der Waals surface area contributed by atoms with Crippen LogP contribution < -0.4 is 10.6 Å². The molecule has 11 nitrogen and oxygen atoms in total. The predicted octanol–water partition coefficient (Wildman–Crippen LogP) is 8.90. The first kappa shape index (κ1) is 37.9. The van der Waals surface area contributed by atoms with E-state index in [1.165, 1.54) is 0 Å². The lowest BCUT2D eigenvalue weighted by Crippen LogP contribution is -2.17. The van der Waals surface area contributed by atoms with Crippen LogP contribution in [-0.4, -0.2) is 49.8 Å². The average Bonchev–Trinajstić information content (AvgIpc) is 3.91. The maximum Gasteiger partial charge on any atom is 0.411 e. The Hall–Kier alpha value is -6.38. The molecule has 0 bridgehead atoms. The summed E-state index contributed by atoms with van der Waals surface area (Å²) in [4.78, 5) is 53.3. The Balaban J connectivity index is 0.948. The van der Waals surface area contributed by atoms with Gasteiger partial charge in [0, 0.05) is 11.4 Å². The highest BCUT2D eigenvalue weighted by Gasteiger charge is 2.39. The summed E-state index contributed by atoms with van der Waals surface area (Å²) in [5, 5.41) is 5.53. The lowest BCUT2D eigenvalue weighted by atomic mass is 9.97. The third-order valence-electron chi connectivity index (χ3n) is 8.47. The zero-order valence-corrected chi connectivity index (χ0v) is 29.1. The van der Waals surface area contributed by atoms with Gasteiger partial charge in [-0.2, -0.15) is 9.98 Å². The summed E-state index contributed by atoms with van der Waals surface area (Å²) in [6.45, 7) is 4.24. The van der Waals surface area contributed by atoms with E-state index in [1.54, 1.807) is 36.4 Å². The van der Waals surface area contributed by atoms with Gasteiger partial charge in [-0.15, -0.1) is 6.58 Å². The zero-order valence-electron chi connectivity index (χ0n) is 29.1. The Kier molecular flexibility index (Phi) is 14.2. The topological polar surface area (TPSA) is 148 Å². The number of nitrogens with one attached hydrogen (secondary N) is 2. The molecule has 53 heavy (non-hydrogen) atoms. The van der Waals surface area contributed by atoms with Crippen molar-refractivity contribution in [2.75, 3.05) is 23.8 Å². The van der Waals surface area contributed by atoms with E-state index in [0.29, 0.717) is 35.6 Å². The quantitative estimate of drug-likeness (QED) is 0.0453. The first-order valence-corrected chi connectivity index (χ1v) is 17.2. The molecule has 1 heterocycles. The number of aliphatic imine (C=N–C) groups is 2. The Morgan fingerprint density at radius 2 is 1.26 bits per heavy atom. The smallest absolute Gasteiger partial charge is 0.411 e. The molecule has 2 amide bonds. The van der Waals surface area contributed by atoms with Gasteiger partial charge in [0.1, 0.15) is 19.3 Å². The molecule has 1 saturated heterocycles. The van der Waals surface area contributed by atoms with Crippen molar-refractivity contribution in [1.29, 1.82) is 0 Å². The Morgan fingerprint density at radius 1 is 0.736 bits per heavy atom. The molecule has 1 aliphatic rings. The van der Waals surface area contributed by atoms with Gasteiger partial charge < -0.3 is 14.2 Å². The van der Waals surface area contributed by atoms with E-state index in [-0.39, 0.29) is 31.3 Å². The highest BCUT2D eigenvalue weighted by Crippen LogP contribution is 2.30. The van der Waals surface area contributed by atoms with Crippen molar-refractivity contribution in [2.45, 2.75) is 44.3 Å². The van der Waals surface area contributed by atoms with Crippen LogP contribution in [0.3, 0.4) is 0 Å². The van der Waals surface area contributed by atoms with Crippen molar-refractivity contribution >= 4 is 47.1 Å². The van der Waals surface area contributed by atoms with E-state index in [4.69, 9.17) is 14.2 Å². The van der Waals surface area contributed by atoms with Crippen LogP contribution in [0.5, 0.6) is 0 Å². The highest BCUT2D eigenvalue weighted by atomic mass is 16.6. The van der Waals surface area contributed by atoms with Crippen LogP contribution in [0.2, 0.25) is 0 Å². The molecule has 270 valence electrons. The molecule has 0 saturated carbocycles. The number of hydrogen-bond donors (Lipinski definition) is 2. The summed E-state index contributed by atoms with van der Waals surface area (Å²) < 4.78 is 16.4. The molecule has 0 radical (unpaired) electrons. The number of hydrogen-bond acceptors (Lipinski definition) is 9. The van der Waals surface area contributed by atoms with Crippen molar-refractivity contribution in [2.24, 2.45) is 15.9 Å². The van der Waals surface area contributed by atoms with E-state index in [9.17, 15) is 19.2 Å². The number of carbonyl (C=O) groups is 2. The molecular weight excluding hydrogens is 672 g/mol. The Labute approximate surface area is 308 Å². The molecule has 0 aliphatic carbocycles. The maximum absolute atomic E-state index is 12.5. The van der Waals surface area contributed by atoms with Crippen LogP contribution in [-0.2, 0) is 36.6 Å². The van der Waals surface area contributed by atoms with E-state index < -0.39 is 12.2 Å². The fourth-order valence-electron chi connectivity index (χ4n) is 5.79. The molecular formula is C42H40N4O7. The minimum absolute atomic E-state index is 0.0178. The van der Waals surface area contributed by atoms with Gasteiger partial charge in [0.25, 0.3) is 0 Å². The second kappa shape index (κ2) is 19.9. The summed E-state index contributed by atoms with van der Waals surface area (Å²) in [6.07, 6.45) is 11.2. The Bertz CT molecular complexity index is 2020. The van der Waals surface area contributed by atoms with Crippen LogP contribution in [0.1, 0.15) is 41.5 Å². The van der Waals surface area contributed by atoms with Gasteiger partial charge in [0.05, 0.1) is 17.5 Å². The van der Waals surface area contributed by atoms with Gasteiger partial charge in [-0.1, -0.05) is 66.8 Å². The van der Waals surface area contributed by atoms with Crippen molar-refractivity contribution in [1.82, 2.24) is 0 Å². The third-order valence-corrected chi connectivity index (χ3v) is 8.47. The molecule has 0 aromatic heterocycles. The molecule has 3 unspecified atom stereocenters. The first-order valence-electron chi connectivity index (χ1n) is 17.2. The van der Waals surface area contributed by atoms with Gasteiger partial charge in [0.15, 0.2) is 0 Å². The summed E-state index contributed by atoms with van der Waals surface area (Å²) in [7, 11) is 0. The lowest BCUT2D eigenvalue weighted by molar-refractivity contribution is 0.150. The van der Waals surface area contributed by atoms with Gasteiger partial charge in [-0.25, -0.2) is 19.2 Å². The van der Waals surface area contributed by atoms with Crippen molar-refractivity contribution in [3.63, 3.8) is 0 Å². The lowest BCUT2D eigenvalue weighted by Gasteiger charge is -2.09. The van der Waals surface area contributed by atoms with E-state index in [1.807, 2.05) is 91.0 Å². The molecule has 1 aliphatic heterocycles. The summed E-state index contributed by atoms with van der Waals surface area (Å²) in [5.41, 5.74) is 6.23. The second-order valence-electron chi connectivity index (χ2n) is 12.4. The molecule has 2 N–H and O–H groups in total. The first-order chi connectivity index (χ1) is 25.9. The number of benzene rings is 4. The number of isocyanates is 2. The largest absolute Gasteiger partial charge is 0.446 e. The zero-order chi connectivity index (χ0) is 37.3. The van der Waals surface area contributed by atoms with Crippen LogP contribution in [0, 0.1) is 5.92 Å². The van der Waals surface area contributed by atoms with E-state index >= 15 is 0 Å². The number of carbonyl (C=O) groups excluding carboxylic acids is 4. The number of epoxide rings is 1. The van der Waals surface area contributed by atoms with Crippen LogP contribution in [0.4, 0.5) is 32.3 Å². The normalized spacial score (nSPS) is 14.9. The van der Waals surface area contributed by atoms with Crippen molar-refractivity contribution < 1.29 is 33.4 Å². The maximum atomic E-state index is 12.5. The molecule has 0 spiro atoms. The summed E-state index contributed by atoms with van der Waals surface area (Å²) in [5.74, 6) is 0.218. The number of rotatable bonds is 18. The van der Waals surface area contributed by atoms with E-state index in [0.717, 1.165) is 41.5 Å². The number of nitrogens with zero attached hydrogens (tertiary/aromatic N) is 2. The molecule has 3 atom stereocenters. The van der Waals surface area contributed by atoms with E-state index in [2.05, 4.69) is 27.2 Å². The summed E-state index contributed by atoms with van der Waals surface area (Å²) >= 11 is 0. The van der Waals surface area contributed by atoms with Crippen LogP contribution in [0.15, 0.2) is 132 Å². The summed E-state index contributed by atoms with van der Waals surface area (Å²) in [6, 6.07) is 29.6. The van der Waals surface area contributed by atoms with Gasteiger partial charge in [-0.05, 0) is 109 Å². The average molecular weight is 713 g/mol. The van der Waals surface area contributed by atoms with Crippen molar-refractivity contribution in [3.8, 4) is 0 Å². The van der Waals surface area contributed by atoms with Gasteiger partial charge in [-0.3, -0.25) is 10.6 Å². The SMILES string of the molecule is C=CC(C/C=C/COC(=O)Nc1cccc(Cc2cccc(N=C=O)c2)c1)CCC1OC1COC(=O)Nc1cccc(Cc2cccc(N=C=O)c2)c1. The monoisotopic (exact) mass is 712 g/mol. The number of ether oxygens (including phenoxy) is 3. The number of anilines is 2. The van der Waals surface area contributed by atoms with Crippen LogP contribution >= 0.6 is 0 Å². The fourth-order valence-corrected chi connectivity index (χ4v) is 5.79. The van der Waals surface area contributed by atoms with Gasteiger partial charge >= 0.3 is 12.2 Å². The minimum atomic E-state index is -0.555.